The van der Waals surface area contributed by atoms with E-state index in [1.54, 1.807) is 0 Å². The molecule has 1 heteroatoms. The second kappa shape index (κ2) is 9.83. The summed E-state index contributed by atoms with van der Waals surface area (Å²) in [5, 5.41) is 3.67. The molecule has 18 heavy (non-hydrogen) atoms. The lowest BCUT2D eigenvalue weighted by atomic mass is 9.90. The summed E-state index contributed by atoms with van der Waals surface area (Å²) in [6, 6.07) is 0. The highest BCUT2D eigenvalue weighted by Crippen LogP contribution is 2.35. The maximum atomic E-state index is 3.67. The van der Waals surface area contributed by atoms with Crippen LogP contribution in [0.5, 0.6) is 0 Å². The number of nitrogens with one attached hydrogen (secondary N) is 1. The molecule has 0 aromatic rings. The largest absolute Gasteiger partial charge is 0.316 e. The van der Waals surface area contributed by atoms with E-state index < -0.39 is 0 Å². The van der Waals surface area contributed by atoms with Crippen LogP contribution in [0.2, 0.25) is 0 Å². The molecule has 1 aliphatic carbocycles. The molecule has 0 spiro atoms. The van der Waals surface area contributed by atoms with Gasteiger partial charge in [-0.05, 0) is 37.3 Å². The summed E-state index contributed by atoms with van der Waals surface area (Å²) in [7, 11) is 0. The van der Waals surface area contributed by atoms with Crippen molar-refractivity contribution in [3.8, 4) is 0 Å². The molecular formula is C17H35N. The van der Waals surface area contributed by atoms with Gasteiger partial charge in [-0.2, -0.15) is 0 Å². The van der Waals surface area contributed by atoms with E-state index in [4.69, 9.17) is 0 Å². The summed E-state index contributed by atoms with van der Waals surface area (Å²) >= 11 is 0. The molecule has 1 fully saturated rings. The lowest BCUT2D eigenvalue weighted by Crippen LogP contribution is -2.28. The topological polar surface area (TPSA) is 12.0 Å². The van der Waals surface area contributed by atoms with Gasteiger partial charge >= 0.3 is 0 Å². The van der Waals surface area contributed by atoms with Crippen molar-refractivity contribution >= 4 is 0 Å². The smallest absolute Gasteiger partial charge is 0.00178 e. The minimum atomic E-state index is 0.791. The fraction of sp³-hybridized carbons (Fsp3) is 1.00. The molecule has 2 atom stereocenters. The van der Waals surface area contributed by atoms with Gasteiger partial charge in [-0.15, -0.1) is 0 Å². The first-order valence-electron chi connectivity index (χ1n) is 8.44. The summed E-state index contributed by atoms with van der Waals surface area (Å²) in [5.41, 5.74) is 0. The van der Waals surface area contributed by atoms with Crippen LogP contribution in [0, 0.1) is 17.8 Å². The van der Waals surface area contributed by atoms with E-state index in [1.165, 1.54) is 70.9 Å². The summed E-state index contributed by atoms with van der Waals surface area (Å²) in [4.78, 5) is 0. The van der Waals surface area contributed by atoms with Gasteiger partial charge in [0.25, 0.3) is 0 Å². The van der Waals surface area contributed by atoms with Crippen LogP contribution < -0.4 is 5.32 Å². The van der Waals surface area contributed by atoms with Gasteiger partial charge in [-0.3, -0.25) is 0 Å². The number of hydrogen-bond donors (Lipinski definition) is 1. The predicted molar refractivity (Wildman–Crippen MR) is 81.9 cm³/mol. The SMILES string of the molecule is CCCCCCCC1CCCC1CNCC(C)C. The highest BCUT2D eigenvalue weighted by molar-refractivity contribution is 4.79. The molecule has 0 aromatic heterocycles. The monoisotopic (exact) mass is 253 g/mol. The first kappa shape index (κ1) is 16.0. The Morgan fingerprint density at radius 2 is 1.72 bits per heavy atom. The average molecular weight is 253 g/mol. The third-order valence-corrected chi connectivity index (χ3v) is 4.45. The van der Waals surface area contributed by atoms with Crippen molar-refractivity contribution in [3.63, 3.8) is 0 Å². The van der Waals surface area contributed by atoms with Gasteiger partial charge in [0.15, 0.2) is 0 Å². The first-order valence-corrected chi connectivity index (χ1v) is 8.44. The molecule has 0 radical (unpaired) electrons. The molecule has 0 bridgehead atoms. The molecule has 0 amide bonds. The summed E-state index contributed by atoms with van der Waals surface area (Å²) in [6.45, 7) is 9.37. The zero-order valence-electron chi connectivity index (χ0n) is 13.0. The van der Waals surface area contributed by atoms with Gasteiger partial charge < -0.3 is 5.32 Å². The van der Waals surface area contributed by atoms with E-state index in [-0.39, 0.29) is 0 Å². The van der Waals surface area contributed by atoms with Gasteiger partial charge in [0.2, 0.25) is 0 Å². The van der Waals surface area contributed by atoms with E-state index in [2.05, 4.69) is 26.1 Å². The Bertz CT molecular complexity index is 188. The van der Waals surface area contributed by atoms with Crippen LogP contribution in [0.4, 0.5) is 0 Å². The van der Waals surface area contributed by atoms with Crippen molar-refractivity contribution in [2.24, 2.45) is 17.8 Å². The Morgan fingerprint density at radius 1 is 1.00 bits per heavy atom. The molecule has 108 valence electrons. The second-order valence-electron chi connectivity index (χ2n) is 6.71. The van der Waals surface area contributed by atoms with E-state index >= 15 is 0 Å². The van der Waals surface area contributed by atoms with Crippen LogP contribution >= 0.6 is 0 Å². The fourth-order valence-electron chi connectivity index (χ4n) is 3.33. The minimum absolute atomic E-state index is 0.791. The number of rotatable bonds is 10. The van der Waals surface area contributed by atoms with Crippen LogP contribution in [0.3, 0.4) is 0 Å². The third-order valence-electron chi connectivity index (χ3n) is 4.45. The van der Waals surface area contributed by atoms with Crippen molar-refractivity contribution in [3.05, 3.63) is 0 Å². The summed E-state index contributed by atoms with van der Waals surface area (Å²) in [5.74, 6) is 2.81. The molecular weight excluding hydrogens is 218 g/mol. The number of hydrogen-bond acceptors (Lipinski definition) is 1. The zero-order chi connectivity index (χ0) is 13.2. The van der Waals surface area contributed by atoms with Gasteiger partial charge in [-0.25, -0.2) is 0 Å². The van der Waals surface area contributed by atoms with Gasteiger partial charge in [0.1, 0.15) is 0 Å². The van der Waals surface area contributed by atoms with Crippen molar-refractivity contribution in [2.75, 3.05) is 13.1 Å². The van der Waals surface area contributed by atoms with Crippen molar-refractivity contribution in [1.29, 1.82) is 0 Å². The average Bonchev–Trinajstić information content (AvgIpc) is 2.76. The molecule has 0 aromatic carbocycles. The van der Waals surface area contributed by atoms with E-state index in [0.717, 1.165) is 17.8 Å². The lowest BCUT2D eigenvalue weighted by Gasteiger charge is -2.20. The molecule has 1 nitrogen and oxygen atoms in total. The Labute approximate surface area is 115 Å². The van der Waals surface area contributed by atoms with Crippen molar-refractivity contribution in [1.82, 2.24) is 5.32 Å². The molecule has 0 aliphatic heterocycles. The van der Waals surface area contributed by atoms with E-state index in [9.17, 15) is 0 Å². The predicted octanol–water partition coefficient (Wildman–Crippen LogP) is 5.01. The standard InChI is InChI=1S/C17H35N/c1-4-5-6-7-8-10-16-11-9-12-17(16)14-18-13-15(2)3/h15-18H,4-14H2,1-3H3. The van der Waals surface area contributed by atoms with Gasteiger partial charge in [0.05, 0.1) is 0 Å². The molecule has 1 N–H and O–H groups in total. The van der Waals surface area contributed by atoms with Crippen LogP contribution in [0.1, 0.15) is 78.6 Å². The summed E-state index contributed by atoms with van der Waals surface area (Å²) in [6.07, 6.45) is 13.2. The van der Waals surface area contributed by atoms with Crippen molar-refractivity contribution < 1.29 is 0 Å². The first-order chi connectivity index (χ1) is 8.74. The molecule has 2 unspecified atom stereocenters. The molecule has 0 saturated heterocycles. The minimum Gasteiger partial charge on any atom is -0.316 e. The molecule has 1 aliphatic rings. The zero-order valence-corrected chi connectivity index (χ0v) is 13.0. The van der Waals surface area contributed by atoms with Crippen LogP contribution in [0.25, 0.3) is 0 Å². The fourth-order valence-corrected chi connectivity index (χ4v) is 3.33. The van der Waals surface area contributed by atoms with Crippen LogP contribution in [-0.2, 0) is 0 Å². The molecule has 1 rings (SSSR count). The summed E-state index contributed by atoms with van der Waals surface area (Å²) < 4.78 is 0. The Kier molecular flexibility index (Phi) is 8.75. The Hall–Kier alpha value is -0.0400. The van der Waals surface area contributed by atoms with Crippen LogP contribution in [-0.4, -0.2) is 13.1 Å². The van der Waals surface area contributed by atoms with E-state index in [0.29, 0.717) is 0 Å². The molecule has 1 saturated carbocycles. The number of unbranched alkanes of at least 4 members (excludes halogenated alkanes) is 4. The highest BCUT2D eigenvalue weighted by atomic mass is 14.9. The van der Waals surface area contributed by atoms with Crippen LogP contribution in [0.15, 0.2) is 0 Å². The van der Waals surface area contributed by atoms with E-state index in [1.807, 2.05) is 0 Å². The highest BCUT2D eigenvalue weighted by Gasteiger charge is 2.26. The van der Waals surface area contributed by atoms with Gasteiger partial charge in [0, 0.05) is 0 Å². The van der Waals surface area contributed by atoms with Gasteiger partial charge in [-0.1, -0.05) is 72.1 Å². The quantitative estimate of drug-likeness (QED) is 0.540. The molecule has 0 heterocycles. The second-order valence-corrected chi connectivity index (χ2v) is 6.71. The third kappa shape index (κ3) is 6.78. The Morgan fingerprint density at radius 3 is 2.44 bits per heavy atom. The van der Waals surface area contributed by atoms with Crippen molar-refractivity contribution in [2.45, 2.75) is 78.6 Å². The Balaban J connectivity index is 2.07. The normalized spacial score (nSPS) is 24.0. The lowest BCUT2D eigenvalue weighted by molar-refractivity contribution is 0.331. The maximum Gasteiger partial charge on any atom is -0.00178 e. The maximum absolute atomic E-state index is 3.67.